The van der Waals surface area contributed by atoms with E-state index in [0.717, 1.165) is 23.2 Å². The van der Waals surface area contributed by atoms with Crippen LogP contribution in [-0.4, -0.2) is 29.0 Å². The van der Waals surface area contributed by atoms with Crippen LogP contribution in [0.2, 0.25) is 0 Å². The van der Waals surface area contributed by atoms with Crippen molar-refractivity contribution in [1.82, 2.24) is 15.3 Å². The van der Waals surface area contributed by atoms with Crippen LogP contribution < -0.4 is 27.5 Å². The van der Waals surface area contributed by atoms with Gasteiger partial charge in [-0.2, -0.15) is 0 Å². The van der Waals surface area contributed by atoms with Gasteiger partial charge >= 0.3 is 0 Å². The molecule has 1 atom stereocenters. The zero-order valence-corrected chi connectivity index (χ0v) is 22.9. The van der Waals surface area contributed by atoms with Gasteiger partial charge in [0.1, 0.15) is 5.56 Å². The van der Waals surface area contributed by atoms with Gasteiger partial charge in [-0.25, -0.2) is 0 Å². The van der Waals surface area contributed by atoms with Gasteiger partial charge in [-0.3, -0.25) is 25.4 Å². The third-order valence-electron chi connectivity index (χ3n) is 6.57. The Morgan fingerprint density at radius 3 is 2.15 bits per heavy atom. The van der Waals surface area contributed by atoms with Gasteiger partial charge in [-0.05, 0) is 62.1 Å². The number of aryl methyl sites for hydroxylation is 1. The number of guanidine groups is 1. The molecule has 0 saturated carbocycles. The number of anilines is 1. The van der Waals surface area contributed by atoms with Crippen molar-refractivity contribution in [2.45, 2.75) is 38.8 Å². The lowest BCUT2D eigenvalue weighted by molar-refractivity contribution is 0.0936. The summed E-state index contributed by atoms with van der Waals surface area (Å²) in [6.07, 6.45) is 3.14. The lowest BCUT2D eigenvalue weighted by Gasteiger charge is -2.22. The van der Waals surface area contributed by atoms with Crippen molar-refractivity contribution in [1.29, 1.82) is 0 Å². The highest BCUT2D eigenvalue weighted by atomic mass is 16.2. The fourth-order valence-corrected chi connectivity index (χ4v) is 4.45. The van der Waals surface area contributed by atoms with Crippen molar-refractivity contribution in [3.05, 3.63) is 136 Å². The second-order valence-corrected chi connectivity index (χ2v) is 9.76. The maximum absolute atomic E-state index is 13.6. The van der Waals surface area contributed by atoms with Crippen LogP contribution in [0.5, 0.6) is 0 Å². The molecule has 1 amide bonds. The molecule has 1 heterocycles. The topological polar surface area (TPSA) is 114 Å². The molecule has 0 aliphatic carbocycles. The van der Waals surface area contributed by atoms with Gasteiger partial charge in [0.15, 0.2) is 0 Å². The van der Waals surface area contributed by atoms with Crippen molar-refractivity contribution in [3.63, 3.8) is 0 Å². The van der Waals surface area contributed by atoms with Crippen LogP contribution in [0.15, 0.2) is 113 Å². The summed E-state index contributed by atoms with van der Waals surface area (Å²) < 4.78 is 1.62. The molecule has 1 aromatic heterocycles. The first-order valence-corrected chi connectivity index (χ1v) is 13.4. The minimum atomic E-state index is -0.390. The number of nitrogens with one attached hydrogen (secondary N) is 3. The van der Waals surface area contributed by atoms with E-state index in [-0.39, 0.29) is 29.2 Å². The predicted octanol–water partition coefficient (Wildman–Crippen LogP) is 4.62. The van der Waals surface area contributed by atoms with E-state index in [4.69, 9.17) is 5.73 Å². The van der Waals surface area contributed by atoms with E-state index < -0.39 is 5.91 Å². The number of benzene rings is 3. The van der Waals surface area contributed by atoms with Gasteiger partial charge in [0.2, 0.25) is 5.96 Å². The fraction of sp³-hybridized carbons (Fsp3) is 0.219. The summed E-state index contributed by atoms with van der Waals surface area (Å²) in [6, 6.07) is 30.4. The van der Waals surface area contributed by atoms with Crippen LogP contribution in [0.25, 0.3) is 0 Å². The first kappa shape index (κ1) is 28.2. The molecular weight excluding hydrogens is 500 g/mol. The van der Waals surface area contributed by atoms with Crippen LogP contribution >= 0.6 is 0 Å². The van der Waals surface area contributed by atoms with Crippen LogP contribution in [0, 0.1) is 6.92 Å². The molecule has 0 fully saturated rings. The number of carbonyl (C=O) groups is 1. The zero-order valence-electron chi connectivity index (χ0n) is 22.9. The Morgan fingerprint density at radius 1 is 0.900 bits per heavy atom. The standard InChI is InChI=1S/C32H36N6O2/c1-23-17-19-27(20-18-23)36-37-32(33)34-21-9-11-24(2)35-30(39)28-16-10-22-38(31(28)40)29(25-12-5-3-6-13-25)26-14-7-4-8-15-26/h3-8,10,12-20,22,24,29,36H,9,11,21H2,1-2H3,(H,35,39)(H3,33,34,37). The summed E-state index contributed by atoms with van der Waals surface area (Å²) in [5.41, 5.74) is 15.6. The van der Waals surface area contributed by atoms with Gasteiger partial charge in [0.25, 0.3) is 11.5 Å². The van der Waals surface area contributed by atoms with Gasteiger partial charge < -0.3 is 15.6 Å². The second kappa shape index (κ2) is 13.8. The van der Waals surface area contributed by atoms with Gasteiger partial charge in [-0.15, -0.1) is 0 Å². The summed E-state index contributed by atoms with van der Waals surface area (Å²) >= 11 is 0. The third kappa shape index (κ3) is 7.60. The van der Waals surface area contributed by atoms with E-state index in [1.165, 1.54) is 5.56 Å². The highest BCUT2D eigenvalue weighted by Gasteiger charge is 2.21. The molecule has 0 spiro atoms. The maximum atomic E-state index is 13.6. The Labute approximate surface area is 234 Å². The maximum Gasteiger partial charge on any atom is 0.264 e. The number of rotatable bonds is 11. The van der Waals surface area contributed by atoms with E-state index in [2.05, 4.69) is 21.2 Å². The summed E-state index contributed by atoms with van der Waals surface area (Å²) in [5, 5.41) is 2.96. The molecule has 0 radical (unpaired) electrons. The van der Waals surface area contributed by atoms with Crippen molar-refractivity contribution in [2.24, 2.45) is 10.7 Å². The second-order valence-electron chi connectivity index (χ2n) is 9.76. The number of pyridine rings is 1. The lowest BCUT2D eigenvalue weighted by atomic mass is 9.98. The van der Waals surface area contributed by atoms with E-state index >= 15 is 0 Å². The molecule has 0 saturated heterocycles. The zero-order chi connectivity index (χ0) is 28.3. The molecule has 206 valence electrons. The molecule has 8 heteroatoms. The highest BCUT2D eigenvalue weighted by molar-refractivity contribution is 5.94. The SMILES string of the molecule is Cc1ccc(NNC(N)=NCCCC(C)NC(=O)c2cccn(C(c3ccccc3)c3ccccc3)c2=O)cc1. The number of aliphatic imine (C=N–C) groups is 1. The summed E-state index contributed by atoms with van der Waals surface area (Å²) in [6.45, 7) is 4.45. The van der Waals surface area contributed by atoms with E-state index in [9.17, 15) is 9.59 Å². The minimum absolute atomic E-state index is 0.111. The summed E-state index contributed by atoms with van der Waals surface area (Å²) in [7, 11) is 0. The molecule has 4 rings (SSSR count). The average Bonchev–Trinajstić information content (AvgIpc) is 2.97. The van der Waals surface area contributed by atoms with E-state index in [0.29, 0.717) is 13.0 Å². The third-order valence-corrected chi connectivity index (χ3v) is 6.57. The predicted molar refractivity (Wildman–Crippen MR) is 161 cm³/mol. The normalized spacial score (nSPS) is 12.1. The number of hydrazine groups is 1. The molecule has 0 aliphatic rings. The summed E-state index contributed by atoms with van der Waals surface area (Å²) in [4.78, 5) is 31.0. The first-order valence-electron chi connectivity index (χ1n) is 13.4. The van der Waals surface area contributed by atoms with Crippen LogP contribution in [0.4, 0.5) is 5.69 Å². The van der Waals surface area contributed by atoms with Crippen LogP contribution in [-0.2, 0) is 0 Å². The lowest BCUT2D eigenvalue weighted by Crippen LogP contribution is -2.38. The molecule has 4 aromatic rings. The monoisotopic (exact) mass is 536 g/mol. The van der Waals surface area contributed by atoms with Crippen LogP contribution in [0.1, 0.15) is 52.9 Å². The van der Waals surface area contributed by atoms with Crippen LogP contribution in [0.3, 0.4) is 0 Å². The first-order chi connectivity index (χ1) is 19.4. The minimum Gasteiger partial charge on any atom is -0.369 e. The Kier molecular flexibility index (Phi) is 9.72. The molecule has 1 unspecified atom stereocenters. The highest BCUT2D eigenvalue weighted by Crippen LogP contribution is 2.25. The van der Waals surface area contributed by atoms with E-state index in [1.54, 1.807) is 22.9 Å². The quantitative estimate of drug-likeness (QED) is 0.0967. The Bertz CT molecular complexity index is 1430. The van der Waals surface area contributed by atoms with Crippen molar-refractivity contribution >= 4 is 17.6 Å². The molecule has 3 aromatic carbocycles. The number of hydrogen-bond acceptors (Lipinski definition) is 4. The van der Waals surface area contributed by atoms with Gasteiger partial charge in [0.05, 0.1) is 11.7 Å². The van der Waals surface area contributed by atoms with E-state index in [1.807, 2.05) is 98.8 Å². The smallest absolute Gasteiger partial charge is 0.264 e. The molecular formula is C32H36N6O2. The average molecular weight is 537 g/mol. The number of hydrogen-bond donors (Lipinski definition) is 4. The molecule has 5 N–H and O–H groups in total. The van der Waals surface area contributed by atoms with Crippen molar-refractivity contribution in [3.8, 4) is 0 Å². The molecule has 0 aliphatic heterocycles. The van der Waals surface area contributed by atoms with Gasteiger partial charge in [0, 0.05) is 18.8 Å². The number of aromatic nitrogens is 1. The number of carbonyl (C=O) groups excluding carboxylic acids is 1. The Balaban J connectivity index is 1.35. The number of nitrogens with two attached hydrogens (primary N) is 1. The van der Waals surface area contributed by atoms with Gasteiger partial charge in [-0.1, -0.05) is 78.4 Å². The molecule has 0 bridgehead atoms. The molecule has 8 nitrogen and oxygen atoms in total. The fourth-order valence-electron chi connectivity index (χ4n) is 4.45. The van der Waals surface area contributed by atoms with Crippen molar-refractivity contribution in [2.75, 3.05) is 12.0 Å². The number of nitrogens with zero attached hydrogens (tertiary/aromatic N) is 2. The summed E-state index contributed by atoms with van der Waals surface area (Å²) in [5.74, 6) is -0.104. The largest absolute Gasteiger partial charge is 0.369 e. The Hall–Kier alpha value is -4.85. The Morgan fingerprint density at radius 2 is 1.52 bits per heavy atom. The van der Waals surface area contributed by atoms with Crippen molar-refractivity contribution < 1.29 is 4.79 Å². The molecule has 40 heavy (non-hydrogen) atoms. The number of amides is 1.